The average molecular weight is 521 g/mol. The quantitative estimate of drug-likeness (QED) is 0.234. The Morgan fingerprint density at radius 1 is 1.30 bits per heavy atom. The lowest BCUT2D eigenvalue weighted by molar-refractivity contribution is -0.120. The van der Waals surface area contributed by atoms with Gasteiger partial charge in [-0.2, -0.15) is 5.10 Å². The van der Waals surface area contributed by atoms with Crippen LogP contribution in [0.2, 0.25) is 0 Å². The maximum Gasteiger partial charge on any atom is 0.246 e. The number of carbonyl (C=O) groups is 1. The van der Waals surface area contributed by atoms with Crippen molar-refractivity contribution in [3.8, 4) is 0 Å². The van der Waals surface area contributed by atoms with Gasteiger partial charge in [0.1, 0.15) is 6.54 Å². The Morgan fingerprint density at radius 3 is 2.87 bits per heavy atom. The fraction of sp³-hybridized carbons (Fsp3) is 0.381. The molecule has 160 valence electrons. The third kappa shape index (κ3) is 4.77. The summed E-state index contributed by atoms with van der Waals surface area (Å²) in [5.74, 6) is 0.842. The summed E-state index contributed by atoms with van der Waals surface area (Å²) in [6, 6.07) is 8.37. The van der Waals surface area contributed by atoms with Gasteiger partial charge in [0, 0.05) is 57.0 Å². The number of piperazine rings is 1. The number of guanidine groups is 1. The van der Waals surface area contributed by atoms with Crippen molar-refractivity contribution < 1.29 is 4.79 Å². The summed E-state index contributed by atoms with van der Waals surface area (Å²) in [7, 11) is 3.62. The lowest BCUT2D eigenvalue weighted by Gasteiger charge is -2.35. The zero-order valence-corrected chi connectivity index (χ0v) is 19.7. The lowest BCUT2D eigenvalue weighted by atomic mass is 10.1. The van der Waals surface area contributed by atoms with Crippen LogP contribution in [-0.2, 0) is 18.3 Å². The highest BCUT2D eigenvalue weighted by molar-refractivity contribution is 14.0. The number of aromatic nitrogens is 3. The van der Waals surface area contributed by atoms with Crippen molar-refractivity contribution in [1.29, 1.82) is 0 Å². The Bertz CT molecular complexity index is 1030. The summed E-state index contributed by atoms with van der Waals surface area (Å²) in [5.41, 5.74) is 3.35. The molecule has 1 aliphatic rings. The van der Waals surface area contributed by atoms with E-state index in [1.54, 1.807) is 22.8 Å². The van der Waals surface area contributed by atoms with Gasteiger partial charge in [0.05, 0.1) is 11.9 Å². The Balaban J connectivity index is 0.00000256. The number of aliphatic imine (C=N–C) groups is 1. The zero-order chi connectivity index (χ0) is 20.2. The van der Waals surface area contributed by atoms with Gasteiger partial charge in [0.2, 0.25) is 5.91 Å². The van der Waals surface area contributed by atoms with Crippen LogP contribution in [0.3, 0.4) is 0 Å². The molecule has 0 unspecified atom stereocenters. The number of para-hydroxylation sites is 1. The largest absolute Gasteiger partial charge is 0.361 e. The number of benzene rings is 1. The molecule has 0 saturated carbocycles. The van der Waals surface area contributed by atoms with Crippen LogP contribution in [0.1, 0.15) is 12.0 Å². The molecule has 3 aromatic rings. The fourth-order valence-electron chi connectivity index (χ4n) is 3.82. The number of rotatable bonds is 5. The first kappa shape index (κ1) is 22.1. The monoisotopic (exact) mass is 521 g/mol. The van der Waals surface area contributed by atoms with Crippen LogP contribution in [0.5, 0.6) is 0 Å². The highest BCUT2D eigenvalue weighted by Crippen LogP contribution is 2.19. The topological polar surface area (TPSA) is 81.6 Å². The molecule has 1 fully saturated rings. The van der Waals surface area contributed by atoms with E-state index in [0.717, 1.165) is 37.6 Å². The summed E-state index contributed by atoms with van der Waals surface area (Å²) < 4.78 is 1.71. The van der Waals surface area contributed by atoms with E-state index in [0.29, 0.717) is 13.1 Å². The minimum absolute atomic E-state index is 0. The molecule has 3 heterocycles. The first-order valence-corrected chi connectivity index (χ1v) is 9.95. The van der Waals surface area contributed by atoms with Crippen LogP contribution in [0.25, 0.3) is 10.9 Å². The fourth-order valence-corrected chi connectivity index (χ4v) is 3.82. The minimum Gasteiger partial charge on any atom is -0.361 e. The Kier molecular flexibility index (Phi) is 7.35. The second-order valence-electron chi connectivity index (χ2n) is 7.28. The predicted octanol–water partition coefficient (Wildman–Crippen LogP) is 2.38. The first-order chi connectivity index (χ1) is 14.2. The van der Waals surface area contributed by atoms with Crippen molar-refractivity contribution in [2.45, 2.75) is 12.8 Å². The van der Waals surface area contributed by atoms with Gasteiger partial charge in [0.25, 0.3) is 0 Å². The number of fused-ring (bicyclic) bond motifs is 1. The number of hydrogen-bond donors (Lipinski definition) is 2. The van der Waals surface area contributed by atoms with Gasteiger partial charge in [-0.05, 0) is 24.5 Å². The smallest absolute Gasteiger partial charge is 0.246 e. The lowest BCUT2D eigenvalue weighted by Crippen LogP contribution is -2.55. The summed E-state index contributed by atoms with van der Waals surface area (Å²) in [4.78, 5) is 24.1. The number of hydrogen-bond acceptors (Lipinski definition) is 3. The molecule has 1 amide bonds. The second-order valence-corrected chi connectivity index (χ2v) is 7.28. The molecule has 4 rings (SSSR count). The summed E-state index contributed by atoms with van der Waals surface area (Å²) in [5, 5.41) is 8.85. The molecule has 0 bridgehead atoms. The molecule has 0 radical (unpaired) electrons. The van der Waals surface area contributed by atoms with Crippen LogP contribution >= 0.6 is 24.0 Å². The molecule has 1 saturated heterocycles. The van der Waals surface area contributed by atoms with Crippen molar-refractivity contribution >= 4 is 52.4 Å². The molecule has 2 N–H and O–H groups in total. The van der Waals surface area contributed by atoms with Crippen molar-refractivity contribution in [2.24, 2.45) is 12.0 Å². The van der Waals surface area contributed by atoms with Gasteiger partial charge >= 0.3 is 0 Å². The number of anilines is 1. The summed E-state index contributed by atoms with van der Waals surface area (Å²) in [6.07, 6.45) is 7.67. The highest BCUT2D eigenvalue weighted by atomic mass is 127. The van der Waals surface area contributed by atoms with Gasteiger partial charge in [-0.15, -0.1) is 24.0 Å². The zero-order valence-electron chi connectivity index (χ0n) is 17.3. The van der Waals surface area contributed by atoms with Gasteiger partial charge in [-0.25, -0.2) is 0 Å². The molecular formula is C21H28IN7O. The third-order valence-corrected chi connectivity index (χ3v) is 5.32. The maximum absolute atomic E-state index is 12.6. The Morgan fingerprint density at radius 2 is 2.13 bits per heavy atom. The minimum atomic E-state index is 0. The van der Waals surface area contributed by atoms with Crippen LogP contribution in [0.15, 0.2) is 47.8 Å². The molecule has 8 nitrogen and oxygen atoms in total. The second kappa shape index (κ2) is 9.96. The predicted molar refractivity (Wildman–Crippen MR) is 131 cm³/mol. The molecule has 2 aromatic heterocycles. The molecule has 1 aliphatic heterocycles. The SMILES string of the molecule is CN=C(NCCCc1c[nH]c2ccccc12)N1CCN(c2cnn(C)c2)C(=O)C1.I. The van der Waals surface area contributed by atoms with Gasteiger partial charge < -0.3 is 20.1 Å². The number of nitrogens with zero attached hydrogens (tertiary/aromatic N) is 5. The molecule has 0 atom stereocenters. The average Bonchev–Trinajstić information content (AvgIpc) is 3.34. The number of nitrogens with one attached hydrogen (secondary N) is 2. The standard InChI is InChI=1S/C21H27N7O.HI/c1-22-21(23-9-5-6-16-12-24-19-8-4-3-7-18(16)19)27-10-11-28(20(29)15-27)17-13-25-26(2)14-17;/h3-4,7-8,12-14,24H,5-6,9-11,15H2,1-2H3,(H,22,23);1H. The molecule has 9 heteroatoms. The van der Waals surface area contributed by atoms with Crippen LogP contribution in [0.4, 0.5) is 5.69 Å². The Labute approximate surface area is 193 Å². The van der Waals surface area contributed by atoms with Crippen LogP contribution in [-0.4, -0.2) is 64.8 Å². The number of H-pyrrole nitrogens is 1. The van der Waals surface area contributed by atoms with E-state index in [1.807, 2.05) is 24.2 Å². The van der Waals surface area contributed by atoms with E-state index in [-0.39, 0.29) is 29.9 Å². The van der Waals surface area contributed by atoms with Crippen molar-refractivity contribution in [3.05, 3.63) is 48.4 Å². The first-order valence-electron chi connectivity index (χ1n) is 9.95. The van der Waals surface area contributed by atoms with Crippen molar-refractivity contribution in [2.75, 3.05) is 38.1 Å². The summed E-state index contributed by atoms with van der Waals surface area (Å²) >= 11 is 0. The molecule has 1 aromatic carbocycles. The van der Waals surface area contributed by atoms with E-state index in [1.165, 1.54) is 16.5 Å². The normalized spacial score (nSPS) is 14.9. The van der Waals surface area contributed by atoms with Crippen LogP contribution in [0, 0.1) is 0 Å². The van der Waals surface area contributed by atoms with Crippen molar-refractivity contribution in [1.82, 2.24) is 25.0 Å². The van der Waals surface area contributed by atoms with Gasteiger partial charge in [-0.1, -0.05) is 18.2 Å². The molecule has 30 heavy (non-hydrogen) atoms. The third-order valence-electron chi connectivity index (χ3n) is 5.32. The van der Waals surface area contributed by atoms with Gasteiger partial charge in [0.15, 0.2) is 5.96 Å². The molecular weight excluding hydrogens is 493 g/mol. The molecule has 0 spiro atoms. The number of carbonyl (C=O) groups excluding carboxylic acids is 1. The van der Waals surface area contributed by atoms with E-state index < -0.39 is 0 Å². The van der Waals surface area contributed by atoms with Gasteiger partial charge in [-0.3, -0.25) is 14.5 Å². The number of aromatic amines is 1. The molecule has 0 aliphatic carbocycles. The van der Waals surface area contributed by atoms with Crippen LogP contribution < -0.4 is 10.2 Å². The van der Waals surface area contributed by atoms with E-state index in [2.05, 4.69) is 44.8 Å². The summed E-state index contributed by atoms with van der Waals surface area (Å²) in [6.45, 7) is 2.49. The Hall–Kier alpha value is -2.56. The van der Waals surface area contributed by atoms with E-state index >= 15 is 0 Å². The number of halogens is 1. The van der Waals surface area contributed by atoms with E-state index in [9.17, 15) is 4.79 Å². The van der Waals surface area contributed by atoms with Crippen molar-refractivity contribution in [3.63, 3.8) is 0 Å². The number of amides is 1. The van der Waals surface area contributed by atoms with E-state index in [4.69, 9.17) is 0 Å². The highest BCUT2D eigenvalue weighted by Gasteiger charge is 2.27. The number of aryl methyl sites for hydroxylation is 2. The maximum atomic E-state index is 12.6.